The van der Waals surface area contributed by atoms with E-state index in [4.69, 9.17) is 0 Å². The predicted octanol–water partition coefficient (Wildman–Crippen LogP) is -0.723. The molecular formula is C10H9N2O3-. The zero-order valence-corrected chi connectivity index (χ0v) is 8.06. The first kappa shape index (κ1) is 10.9. The molecule has 1 aromatic carbocycles. The molecule has 0 saturated carbocycles. The third-order valence-electron chi connectivity index (χ3n) is 1.57. The Labute approximate surface area is 86.4 Å². The minimum Gasteiger partial charge on any atom is -0.543 e. The molecule has 5 heteroatoms. The number of benzene rings is 1. The molecule has 1 aromatic rings. The van der Waals surface area contributed by atoms with E-state index >= 15 is 0 Å². The van der Waals surface area contributed by atoms with Crippen molar-refractivity contribution in [3.8, 4) is 0 Å². The van der Waals surface area contributed by atoms with Gasteiger partial charge in [0.25, 0.3) is 0 Å². The summed E-state index contributed by atoms with van der Waals surface area (Å²) in [6, 6.07) is 8.21. The van der Waals surface area contributed by atoms with Crippen molar-refractivity contribution in [2.75, 3.05) is 0 Å². The van der Waals surface area contributed by atoms with Crippen molar-refractivity contribution in [1.29, 1.82) is 0 Å². The van der Waals surface area contributed by atoms with Crippen molar-refractivity contribution in [3.63, 3.8) is 0 Å². The SMILES string of the molecule is CC(=O)N/N=C(\C(=O)[O-])c1ccccc1. The Morgan fingerprint density at radius 2 is 1.87 bits per heavy atom. The first-order valence-electron chi connectivity index (χ1n) is 4.22. The number of carboxylic acid groups (broad SMARTS) is 1. The molecule has 78 valence electrons. The van der Waals surface area contributed by atoms with Crippen LogP contribution in [0.15, 0.2) is 35.4 Å². The van der Waals surface area contributed by atoms with Gasteiger partial charge in [0.2, 0.25) is 5.91 Å². The number of hydrogen-bond donors (Lipinski definition) is 1. The largest absolute Gasteiger partial charge is 0.543 e. The minimum atomic E-state index is -1.44. The summed E-state index contributed by atoms with van der Waals surface area (Å²) >= 11 is 0. The fraction of sp³-hybridized carbons (Fsp3) is 0.100. The van der Waals surface area contributed by atoms with Crippen LogP contribution < -0.4 is 10.5 Å². The number of hydrazone groups is 1. The van der Waals surface area contributed by atoms with Crippen molar-refractivity contribution >= 4 is 17.6 Å². The van der Waals surface area contributed by atoms with Gasteiger partial charge in [-0.05, 0) is 0 Å². The van der Waals surface area contributed by atoms with Crippen LogP contribution in [0.3, 0.4) is 0 Å². The number of rotatable bonds is 3. The molecule has 0 bridgehead atoms. The van der Waals surface area contributed by atoms with E-state index in [0.717, 1.165) is 0 Å². The van der Waals surface area contributed by atoms with Gasteiger partial charge in [0.05, 0.1) is 5.97 Å². The smallest absolute Gasteiger partial charge is 0.236 e. The van der Waals surface area contributed by atoms with Gasteiger partial charge in [-0.25, -0.2) is 5.43 Å². The molecule has 0 spiro atoms. The number of aliphatic carboxylic acids is 1. The maximum atomic E-state index is 10.7. The van der Waals surface area contributed by atoms with Crippen LogP contribution in [0, 0.1) is 0 Å². The van der Waals surface area contributed by atoms with Gasteiger partial charge in [-0.2, -0.15) is 5.10 Å². The monoisotopic (exact) mass is 205 g/mol. The van der Waals surface area contributed by atoms with Crippen LogP contribution in [0.4, 0.5) is 0 Å². The van der Waals surface area contributed by atoms with Gasteiger partial charge in [-0.1, -0.05) is 30.3 Å². The summed E-state index contributed by atoms with van der Waals surface area (Å²) in [6.07, 6.45) is 0. The summed E-state index contributed by atoms with van der Waals surface area (Å²) in [6.45, 7) is 1.24. The van der Waals surface area contributed by atoms with Crippen LogP contribution in [-0.4, -0.2) is 17.6 Å². The summed E-state index contributed by atoms with van der Waals surface area (Å²) in [5.74, 6) is -1.88. The first-order valence-corrected chi connectivity index (χ1v) is 4.22. The molecule has 0 saturated heterocycles. The Morgan fingerprint density at radius 3 is 2.33 bits per heavy atom. The molecule has 0 radical (unpaired) electrons. The Morgan fingerprint density at radius 1 is 1.27 bits per heavy atom. The molecule has 0 atom stereocenters. The van der Waals surface area contributed by atoms with Crippen molar-refractivity contribution in [3.05, 3.63) is 35.9 Å². The summed E-state index contributed by atoms with van der Waals surface area (Å²) in [7, 11) is 0. The summed E-state index contributed by atoms with van der Waals surface area (Å²) in [4.78, 5) is 21.3. The third-order valence-corrected chi connectivity index (χ3v) is 1.57. The fourth-order valence-corrected chi connectivity index (χ4v) is 0.959. The lowest BCUT2D eigenvalue weighted by atomic mass is 10.1. The zero-order chi connectivity index (χ0) is 11.3. The van der Waals surface area contributed by atoms with Crippen LogP contribution in [-0.2, 0) is 9.59 Å². The molecule has 0 unspecified atom stereocenters. The van der Waals surface area contributed by atoms with Crippen molar-refractivity contribution < 1.29 is 14.7 Å². The van der Waals surface area contributed by atoms with E-state index in [9.17, 15) is 14.7 Å². The van der Waals surface area contributed by atoms with Crippen molar-refractivity contribution in [1.82, 2.24) is 5.43 Å². The average Bonchev–Trinajstić information content (AvgIpc) is 2.18. The Bertz CT molecular complexity index is 398. The number of carboxylic acids is 1. The second-order valence-electron chi connectivity index (χ2n) is 2.78. The Hall–Kier alpha value is -2.17. The van der Waals surface area contributed by atoms with Crippen LogP contribution in [0.1, 0.15) is 12.5 Å². The number of nitrogens with one attached hydrogen (secondary N) is 1. The highest BCUT2D eigenvalue weighted by molar-refractivity contribution is 6.41. The lowest BCUT2D eigenvalue weighted by Crippen LogP contribution is -2.34. The van der Waals surface area contributed by atoms with Crippen LogP contribution in [0.5, 0.6) is 0 Å². The average molecular weight is 205 g/mol. The lowest BCUT2D eigenvalue weighted by molar-refractivity contribution is -0.294. The van der Waals surface area contributed by atoms with E-state index < -0.39 is 11.9 Å². The molecule has 5 nitrogen and oxygen atoms in total. The van der Waals surface area contributed by atoms with Gasteiger partial charge in [0, 0.05) is 12.5 Å². The maximum absolute atomic E-state index is 10.7. The highest BCUT2D eigenvalue weighted by Crippen LogP contribution is 2.00. The second-order valence-corrected chi connectivity index (χ2v) is 2.78. The predicted molar refractivity (Wildman–Crippen MR) is 51.8 cm³/mol. The molecule has 0 heterocycles. The van der Waals surface area contributed by atoms with Gasteiger partial charge >= 0.3 is 0 Å². The molecular weight excluding hydrogens is 196 g/mol. The molecule has 1 N–H and O–H groups in total. The van der Waals surface area contributed by atoms with Crippen LogP contribution in [0.25, 0.3) is 0 Å². The van der Waals surface area contributed by atoms with E-state index in [-0.39, 0.29) is 5.71 Å². The van der Waals surface area contributed by atoms with E-state index in [1.54, 1.807) is 30.3 Å². The van der Waals surface area contributed by atoms with Crippen LogP contribution >= 0.6 is 0 Å². The van der Waals surface area contributed by atoms with E-state index in [0.29, 0.717) is 5.56 Å². The number of amides is 1. The molecule has 0 fully saturated rings. The fourth-order valence-electron chi connectivity index (χ4n) is 0.959. The van der Waals surface area contributed by atoms with Gasteiger partial charge in [-0.3, -0.25) is 4.79 Å². The van der Waals surface area contributed by atoms with Gasteiger partial charge in [-0.15, -0.1) is 0 Å². The zero-order valence-electron chi connectivity index (χ0n) is 8.06. The van der Waals surface area contributed by atoms with Crippen molar-refractivity contribution in [2.45, 2.75) is 6.92 Å². The standard InChI is InChI=1S/C10H10N2O3/c1-7(13)11-12-9(10(14)15)8-5-3-2-4-6-8/h2-6H,1H3,(H,11,13)(H,14,15)/p-1/b12-9-. The van der Waals surface area contributed by atoms with Crippen LogP contribution in [0.2, 0.25) is 0 Å². The molecule has 0 aromatic heterocycles. The summed E-state index contributed by atoms with van der Waals surface area (Å²) in [5.41, 5.74) is 2.13. The second kappa shape index (κ2) is 4.90. The number of hydrogen-bond acceptors (Lipinski definition) is 4. The molecule has 1 amide bonds. The minimum absolute atomic E-state index is 0.300. The molecule has 15 heavy (non-hydrogen) atoms. The summed E-state index contributed by atoms with van der Waals surface area (Å²) in [5, 5.41) is 14.2. The van der Waals surface area contributed by atoms with Gasteiger partial charge < -0.3 is 9.90 Å². The van der Waals surface area contributed by atoms with E-state index in [2.05, 4.69) is 10.5 Å². The lowest BCUT2D eigenvalue weighted by Gasteiger charge is -2.06. The van der Waals surface area contributed by atoms with Gasteiger partial charge in [0.1, 0.15) is 5.71 Å². The molecule has 0 aliphatic carbocycles. The number of carbonyl (C=O) groups is 2. The Kier molecular flexibility index (Phi) is 3.56. The molecule has 0 aliphatic heterocycles. The van der Waals surface area contributed by atoms with Gasteiger partial charge in [0.15, 0.2) is 0 Å². The highest BCUT2D eigenvalue weighted by atomic mass is 16.4. The number of nitrogens with zero attached hydrogens (tertiary/aromatic N) is 1. The number of carbonyl (C=O) groups excluding carboxylic acids is 2. The quantitative estimate of drug-likeness (QED) is 0.522. The third kappa shape index (κ3) is 3.22. The molecule has 1 rings (SSSR count). The van der Waals surface area contributed by atoms with E-state index in [1.165, 1.54) is 6.92 Å². The topological polar surface area (TPSA) is 81.6 Å². The maximum Gasteiger partial charge on any atom is 0.236 e. The molecule has 0 aliphatic rings. The van der Waals surface area contributed by atoms with Crippen molar-refractivity contribution in [2.24, 2.45) is 5.10 Å². The summed E-state index contributed by atoms with van der Waals surface area (Å²) < 4.78 is 0. The van der Waals surface area contributed by atoms with E-state index in [1.807, 2.05) is 0 Å². The normalized spacial score (nSPS) is 10.9. The first-order chi connectivity index (χ1) is 7.11. The highest BCUT2D eigenvalue weighted by Gasteiger charge is 2.04. The Balaban J connectivity index is 2.99.